The van der Waals surface area contributed by atoms with Gasteiger partial charge in [-0.2, -0.15) is 0 Å². The van der Waals surface area contributed by atoms with Crippen LogP contribution in [0.1, 0.15) is 11.4 Å². The molecule has 21 heavy (non-hydrogen) atoms. The summed E-state index contributed by atoms with van der Waals surface area (Å²) < 4.78 is 3.10. The summed E-state index contributed by atoms with van der Waals surface area (Å²) in [6, 6.07) is 16.0. The van der Waals surface area contributed by atoms with Gasteiger partial charge in [-0.1, -0.05) is 64.4 Å². The number of imidazole rings is 1. The normalized spacial score (nSPS) is 11.0. The van der Waals surface area contributed by atoms with E-state index in [1.165, 1.54) is 0 Å². The molecule has 2 aromatic carbocycles. The Morgan fingerprint density at radius 1 is 1.14 bits per heavy atom. The molecule has 1 aromatic heterocycles. The summed E-state index contributed by atoms with van der Waals surface area (Å²) in [5, 5.41) is 0.772. The zero-order chi connectivity index (χ0) is 14.8. The fourth-order valence-corrected chi connectivity index (χ4v) is 2.87. The van der Waals surface area contributed by atoms with Crippen LogP contribution < -0.4 is 0 Å². The van der Waals surface area contributed by atoms with Gasteiger partial charge in [0, 0.05) is 15.9 Å². The first-order valence-electron chi connectivity index (χ1n) is 6.66. The fourth-order valence-electron chi connectivity index (χ4n) is 2.42. The second-order valence-electron chi connectivity index (χ2n) is 4.89. The molecule has 0 aliphatic heterocycles. The molecular weight excluding hydrogens is 348 g/mol. The van der Waals surface area contributed by atoms with Gasteiger partial charge in [0.15, 0.2) is 0 Å². The largest absolute Gasteiger partial charge is 0.323 e. The van der Waals surface area contributed by atoms with Gasteiger partial charge in [-0.3, -0.25) is 0 Å². The monoisotopic (exact) mass is 360 g/mol. The molecule has 0 atom stereocenters. The topological polar surface area (TPSA) is 17.8 Å². The Balaban J connectivity index is 2.09. The van der Waals surface area contributed by atoms with E-state index in [9.17, 15) is 0 Å². The Morgan fingerprint density at radius 2 is 1.86 bits per heavy atom. The number of allylic oxidation sites excluding steroid dienone is 1. The smallest absolute Gasteiger partial charge is 0.114 e. The highest BCUT2D eigenvalue weighted by atomic mass is 79.9. The van der Waals surface area contributed by atoms with E-state index in [0.717, 1.165) is 31.9 Å². The fraction of sp³-hybridized carbons (Fsp3) is 0.118. The number of halogens is 2. The minimum absolute atomic E-state index is 0.695. The first-order chi connectivity index (χ1) is 10.1. The zero-order valence-electron chi connectivity index (χ0n) is 11.4. The van der Waals surface area contributed by atoms with Crippen LogP contribution >= 0.6 is 27.5 Å². The van der Waals surface area contributed by atoms with Crippen molar-refractivity contribution in [3.05, 3.63) is 76.0 Å². The van der Waals surface area contributed by atoms with Crippen molar-refractivity contribution in [1.29, 1.82) is 0 Å². The predicted molar refractivity (Wildman–Crippen MR) is 92.1 cm³/mol. The molecule has 0 bridgehead atoms. The predicted octanol–water partition coefficient (Wildman–Crippen LogP) is 5.19. The molecule has 4 heteroatoms. The Labute approximate surface area is 137 Å². The molecule has 3 aromatic rings. The summed E-state index contributed by atoms with van der Waals surface area (Å²) in [5.74, 6) is 0.991. The number of fused-ring (bicyclic) bond motifs is 1. The van der Waals surface area contributed by atoms with E-state index < -0.39 is 0 Å². The van der Waals surface area contributed by atoms with Crippen molar-refractivity contribution < 1.29 is 0 Å². The summed E-state index contributed by atoms with van der Waals surface area (Å²) in [6.45, 7) is 4.64. The van der Waals surface area contributed by atoms with E-state index in [4.69, 9.17) is 16.6 Å². The Bertz CT molecular complexity index is 807. The van der Waals surface area contributed by atoms with E-state index in [1.807, 2.05) is 42.5 Å². The van der Waals surface area contributed by atoms with Gasteiger partial charge in [0.25, 0.3) is 0 Å². The minimum atomic E-state index is 0.695. The van der Waals surface area contributed by atoms with Crippen LogP contribution in [0.2, 0.25) is 5.02 Å². The molecule has 0 saturated heterocycles. The third kappa shape index (κ3) is 3.04. The van der Waals surface area contributed by atoms with Crippen molar-refractivity contribution in [2.45, 2.75) is 13.0 Å². The number of nitrogens with zero attached hydrogens (tertiary/aromatic N) is 2. The maximum absolute atomic E-state index is 6.27. The third-order valence-corrected chi connectivity index (χ3v) is 3.99. The maximum Gasteiger partial charge on any atom is 0.114 e. The number of para-hydroxylation sites is 2. The summed E-state index contributed by atoms with van der Waals surface area (Å²) in [7, 11) is 0. The molecule has 0 saturated carbocycles. The molecule has 3 rings (SSSR count). The van der Waals surface area contributed by atoms with Crippen molar-refractivity contribution in [2.75, 3.05) is 0 Å². The van der Waals surface area contributed by atoms with Crippen LogP contribution in [0.15, 0.2) is 59.6 Å². The Hall–Kier alpha value is -1.58. The van der Waals surface area contributed by atoms with E-state index in [2.05, 4.69) is 33.1 Å². The van der Waals surface area contributed by atoms with Crippen LogP contribution in [-0.4, -0.2) is 9.55 Å². The number of rotatable bonds is 4. The van der Waals surface area contributed by atoms with Gasteiger partial charge >= 0.3 is 0 Å². The minimum Gasteiger partial charge on any atom is -0.323 e. The van der Waals surface area contributed by atoms with Gasteiger partial charge in [-0.15, -0.1) is 0 Å². The molecule has 0 unspecified atom stereocenters. The van der Waals surface area contributed by atoms with E-state index in [-0.39, 0.29) is 0 Å². The second-order valence-corrected chi connectivity index (χ2v) is 6.42. The maximum atomic E-state index is 6.27. The summed E-state index contributed by atoms with van der Waals surface area (Å²) in [4.78, 5) is 4.74. The van der Waals surface area contributed by atoms with Crippen LogP contribution in [0, 0.1) is 0 Å². The molecule has 0 spiro atoms. The zero-order valence-corrected chi connectivity index (χ0v) is 13.7. The van der Waals surface area contributed by atoms with Crippen LogP contribution in [0.5, 0.6) is 0 Å². The Morgan fingerprint density at radius 3 is 2.62 bits per heavy atom. The Kier molecular flexibility index (Phi) is 4.13. The molecular formula is C17H14BrClN2. The quantitative estimate of drug-likeness (QED) is 0.625. The van der Waals surface area contributed by atoms with Gasteiger partial charge in [0.05, 0.1) is 17.6 Å². The number of benzene rings is 2. The number of hydrogen-bond donors (Lipinski definition) is 0. The van der Waals surface area contributed by atoms with Crippen LogP contribution in [0.3, 0.4) is 0 Å². The molecule has 0 radical (unpaired) electrons. The molecule has 106 valence electrons. The lowest BCUT2D eigenvalue weighted by Crippen LogP contribution is -2.05. The molecule has 0 amide bonds. The molecule has 0 aliphatic rings. The van der Waals surface area contributed by atoms with E-state index in [1.54, 1.807) is 0 Å². The van der Waals surface area contributed by atoms with E-state index in [0.29, 0.717) is 13.0 Å². The molecule has 0 fully saturated rings. The molecule has 0 aliphatic carbocycles. The third-order valence-electron chi connectivity index (χ3n) is 3.37. The first kappa shape index (κ1) is 14.4. The molecule has 2 nitrogen and oxygen atoms in total. The van der Waals surface area contributed by atoms with Gasteiger partial charge in [0.2, 0.25) is 0 Å². The van der Waals surface area contributed by atoms with Gasteiger partial charge in [0.1, 0.15) is 5.82 Å². The average Bonchev–Trinajstić information content (AvgIpc) is 2.79. The molecule has 1 heterocycles. The van der Waals surface area contributed by atoms with Crippen molar-refractivity contribution in [2.24, 2.45) is 0 Å². The number of aromatic nitrogens is 2. The highest BCUT2D eigenvalue weighted by Gasteiger charge is 2.12. The van der Waals surface area contributed by atoms with Gasteiger partial charge in [-0.05, 0) is 23.8 Å². The lowest BCUT2D eigenvalue weighted by atomic mass is 10.1. The summed E-state index contributed by atoms with van der Waals surface area (Å²) in [5.41, 5.74) is 3.18. The van der Waals surface area contributed by atoms with Gasteiger partial charge in [-0.25, -0.2) is 4.98 Å². The lowest BCUT2D eigenvalue weighted by Gasteiger charge is -2.09. The summed E-state index contributed by atoms with van der Waals surface area (Å²) >= 11 is 9.71. The van der Waals surface area contributed by atoms with Gasteiger partial charge < -0.3 is 4.57 Å². The van der Waals surface area contributed by atoms with Crippen molar-refractivity contribution in [1.82, 2.24) is 9.55 Å². The standard InChI is InChI=1S/C17H14BrClN2/c1-12(18)11-21-16-9-5-4-8-15(16)20-17(21)10-13-6-2-3-7-14(13)19/h2-9H,1,10-11H2. The SMILES string of the molecule is C=C(Br)Cn1c(Cc2ccccc2Cl)nc2ccccc21. The van der Waals surface area contributed by atoms with Crippen LogP contribution in [-0.2, 0) is 13.0 Å². The average molecular weight is 362 g/mol. The summed E-state index contributed by atoms with van der Waals surface area (Å²) in [6.07, 6.45) is 0.703. The first-order valence-corrected chi connectivity index (χ1v) is 7.83. The highest BCUT2D eigenvalue weighted by molar-refractivity contribution is 9.11. The van der Waals surface area contributed by atoms with Crippen LogP contribution in [0.25, 0.3) is 11.0 Å². The second kappa shape index (κ2) is 6.04. The van der Waals surface area contributed by atoms with Crippen molar-refractivity contribution in [3.8, 4) is 0 Å². The van der Waals surface area contributed by atoms with Crippen molar-refractivity contribution in [3.63, 3.8) is 0 Å². The van der Waals surface area contributed by atoms with Crippen LogP contribution in [0.4, 0.5) is 0 Å². The lowest BCUT2D eigenvalue weighted by molar-refractivity contribution is 0.776. The van der Waals surface area contributed by atoms with E-state index >= 15 is 0 Å². The van der Waals surface area contributed by atoms with Crippen molar-refractivity contribution >= 4 is 38.6 Å². The number of hydrogen-bond acceptors (Lipinski definition) is 1. The molecule has 0 N–H and O–H groups in total. The highest BCUT2D eigenvalue weighted by Crippen LogP contribution is 2.23.